The van der Waals surface area contributed by atoms with Gasteiger partial charge in [-0.2, -0.15) is 0 Å². The molecule has 4 rings (SSSR count). The Labute approximate surface area is 212 Å². The average molecular weight is 494 g/mol. The normalized spacial score (nSPS) is 18.1. The van der Waals surface area contributed by atoms with Crippen LogP contribution in [-0.4, -0.2) is 85.9 Å². The predicted octanol–water partition coefficient (Wildman–Crippen LogP) is 3.16. The first-order chi connectivity index (χ1) is 17.3. The summed E-state index contributed by atoms with van der Waals surface area (Å²) in [5.41, 5.74) is 3.28. The third-order valence-corrected chi connectivity index (χ3v) is 7.04. The molecule has 2 heterocycles. The SMILES string of the molecule is COc1ccc(C(=O)N2CCN(C(=O)C3CCCN(C(=O)c4cc(C)cc(C)c4)C3)CC2)c(OC)c1. The van der Waals surface area contributed by atoms with Gasteiger partial charge in [-0.1, -0.05) is 17.2 Å². The zero-order chi connectivity index (χ0) is 25.8. The molecule has 8 nitrogen and oxygen atoms in total. The second-order valence-electron chi connectivity index (χ2n) is 9.65. The van der Waals surface area contributed by atoms with Crippen LogP contribution in [0.15, 0.2) is 36.4 Å². The number of carbonyl (C=O) groups is 3. The van der Waals surface area contributed by atoms with Crippen molar-refractivity contribution in [2.45, 2.75) is 26.7 Å². The van der Waals surface area contributed by atoms with E-state index >= 15 is 0 Å². The van der Waals surface area contributed by atoms with Gasteiger partial charge in [-0.25, -0.2) is 0 Å². The van der Waals surface area contributed by atoms with Crippen molar-refractivity contribution >= 4 is 17.7 Å². The fourth-order valence-corrected chi connectivity index (χ4v) is 5.18. The quantitative estimate of drug-likeness (QED) is 0.639. The number of piperidine rings is 1. The number of likely N-dealkylation sites (tertiary alicyclic amines) is 1. The smallest absolute Gasteiger partial charge is 0.257 e. The zero-order valence-electron chi connectivity index (χ0n) is 21.6. The van der Waals surface area contributed by atoms with Gasteiger partial charge in [0.15, 0.2) is 0 Å². The molecule has 0 aliphatic carbocycles. The summed E-state index contributed by atoms with van der Waals surface area (Å²) in [7, 11) is 3.10. The summed E-state index contributed by atoms with van der Waals surface area (Å²) in [5, 5.41) is 0. The van der Waals surface area contributed by atoms with Gasteiger partial charge >= 0.3 is 0 Å². The van der Waals surface area contributed by atoms with Crippen LogP contribution in [0, 0.1) is 19.8 Å². The molecule has 0 aromatic heterocycles. The van der Waals surface area contributed by atoms with Crippen LogP contribution in [-0.2, 0) is 4.79 Å². The maximum atomic E-state index is 13.3. The number of piperazine rings is 1. The molecule has 1 atom stereocenters. The number of hydrogen-bond donors (Lipinski definition) is 0. The number of benzene rings is 2. The summed E-state index contributed by atoms with van der Waals surface area (Å²) in [6.45, 7) is 6.95. The van der Waals surface area contributed by atoms with Crippen molar-refractivity contribution < 1.29 is 23.9 Å². The summed E-state index contributed by atoms with van der Waals surface area (Å²) >= 11 is 0. The number of rotatable bonds is 5. The van der Waals surface area contributed by atoms with Crippen molar-refractivity contribution in [2.24, 2.45) is 5.92 Å². The minimum Gasteiger partial charge on any atom is -0.497 e. The molecule has 8 heteroatoms. The fraction of sp³-hybridized carbons (Fsp3) is 0.464. The molecule has 2 aliphatic heterocycles. The Balaban J connectivity index is 1.36. The first kappa shape index (κ1) is 25.5. The molecule has 0 saturated carbocycles. The van der Waals surface area contributed by atoms with Crippen molar-refractivity contribution in [1.82, 2.24) is 14.7 Å². The minimum atomic E-state index is -0.211. The van der Waals surface area contributed by atoms with E-state index in [0.29, 0.717) is 61.9 Å². The van der Waals surface area contributed by atoms with Crippen molar-refractivity contribution in [3.05, 3.63) is 58.7 Å². The molecule has 0 N–H and O–H groups in total. The Morgan fingerprint density at radius 2 is 1.44 bits per heavy atom. The topological polar surface area (TPSA) is 79.4 Å². The molecule has 2 aromatic rings. The number of aryl methyl sites for hydroxylation is 2. The Hall–Kier alpha value is -3.55. The van der Waals surface area contributed by atoms with E-state index in [-0.39, 0.29) is 23.6 Å². The van der Waals surface area contributed by atoms with Crippen LogP contribution >= 0.6 is 0 Å². The number of amides is 3. The summed E-state index contributed by atoms with van der Waals surface area (Å²) < 4.78 is 10.6. The molecule has 0 radical (unpaired) electrons. The van der Waals surface area contributed by atoms with Gasteiger partial charge in [-0.3, -0.25) is 14.4 Å². The molecular formula is C28H35N3O5. The standard InChI is InChI=1S/C28H35N3O5/c1-19-14-20(2)16-22(15-19)27(33)31-9-5-6-21(18-31)26(32)29-10-12-30(13-11-29)28(34)24-8-7-23(35-3)17-25(24)36-4/h7-8,14-17,21H,5-6,9-13,18H2,1-4H3. The van der Waals surface area contributed by atoms with Crippen molar-refractivity contribution in [2.75, 3.05) is 53.5 Å². The highest BCUT2D eigenvalue weighted by molar-refractivity contribution is 5.97. The van der Waals surface area contributed by atoms with E-state index in [2.05, 4.69) is 6.07 Å². The van der Waals surface area contributed by atoms with Gasteiger partial charge in [0.05, 0.1) is 25.7 Å². The molecule has 1 unspecified atom stereocenters. The highest BCUT2D eigenvalue weighted by Gasteiger charge is 2.34. The van der Waals surface area contributed by atoms with Gasteiger partial charge in [0.25, 0.3) is 11.8 Å². The summed E-state index contributed by atoms with van der Waals surface area (Å²) in [5.74, 6) is 0.817. The molecule has 2 fully saturated rings. The molecular weight excluding hydrogens is 458 g/mol. The molecule has 2 saturated heterocycles. The van der Waals surface area contributed by atoms with Gasteiger partial charge in [0.1, 0.15) is 11.5 Å². The van der Waals surface area contributed by atoms with E-state index in [9.17, 15) is 14.4 Å². The van der Waals surface area contributed by atoms with Crippen molar-refractivity contribution in [3.63, 3.8) is 0 Å². The average Bonchev–Trinajstić information content (AvgIpc) is 2.91. The van der Waals surface area contributed by atoms with Gasteiger partial charge in [0, 0.05) is 50.9 Å². The van der Waals surface area contributed by atoms with Gasteiger partial charge in [-0.05, 0) is 51.0 Å². The van der Waals surface area contributed by atoms with E-state index in [0.717, 1.165) is 24.0 Å². The second kappa shape index (κ2) is 11.0. The van der Waals surface area contributed by atoms with E-state index in [1.54, 1.807) is 30.2 Å². The highest BCUT2D eigenvalue weighted by Crippen LogP contribution is 2.27. The first-order valence-electron chi connectivity index (χ1n) is 12.5. The maximum Gasteiger partial charge on any atom is 0.257 e. The molecule has 0 bridgehead atoms. The lowest BCUT2D eigenvalue weighted by atomic mass is 9.95. The largest absolute Gasteiger partial charge is 0.497 e. The highest BCUT2D eigenvalue weighted by atomic mass is 16.5. The monoisotopic (exact) mass is 493 g/mol. The fourth-order valence-electron chi connectivity index (χ4n) is 5.18. The molecule has 3 amide bonds. The van der Waals surface area contributed by atoms with E-state index in [1.165, 1.54) is 7.11 Å². The lowest BCUT2D eigenvalue weighted by Crippen LogP contribution is -2.54. The number of carbonyl (C=O) groups excluding carboxylic acids is 3. The Bertz CT molecular complexity index is 1120. The summed E-state index contributed by atoms with van der Waals surface area (Å²) in [6.07, 6.45) is 1.58. The Kier molecular flexibility index (Phi) is 7.82. The summed E-state index contributed by atoms with van der Waals surface area (Å²) in [4.78, 5) is 45.0. The Morgan fingerprint density at radius 1 is 0.778 bits per heavy atom. The maximum absolute atomic E-state index is 13.3. The van der Waals surface area contributed by atoms with Gasteiger partial charge < -0.3 is 24.2 Å². The minimum absolute atomic E-state index is 0.0110. The first-order valence-corrected chi connectivity index (χ1v) is 12.5. The van der Waals surface area contributed by atoms with Crippen LogP contribution in [0.1, 0.15) is 44.7 Å². The predicted molar refractivity (Wildman–Crippen MR) is 137 cm³/mol. The van der Waals surface area contributed by atoms with Crippen molar-refractivity contribution in [1.29, 1.82) is 0 Å². The van der Waals surface area contributed by atoms with Crippen LogP contribution in [0.2, 0.25) is 0 Å². The molecule has 36 heavy (non-hydrogen) atoms. The van der Waals surface area contributed by atoms with E-state index in [1.807, 2.05) is 35.8 Å². The summed E-state index contributed by atoms with van der Waals surface area (Å²) in [6, 6.07) is 11.0. The van der Waals surface area contributed by atoms with E-state index < -0.39 is 0 Å². The number of hydrogen-bond acceptors (Lipinski definition) is 5. The third kappa shape index (κ3) is 5.48. The van der Waals surface area contributed by atoms with Crippen LogP contribution < -0.4 is 9.47 Å². The Morgan fingerprint density at radius 3 is 2.08 bits per heavy atom. The molecule has 0 spiro atoms. The third-order valence-electron chi connectivity index (χ3n) is 7.04. The zero-order valence-corrected chi connectivity index (χ0v) is 21.6. The van der Waals surface area contributed by atoms with Gasteiger partial charge in [0.2, 0.25) is 5.91 Å². The molecule has 2 aliphatic rings. The van der Waals surface area contributed by atoms with Crippen LogP contribution in [0.3, 0.4) is 0 Å². The molecule has 2 aromatic carbocycles. The lowest BCUT2D eigenvalue weighted by Gasteiger charge is -2.39. The van der Waals surface area contributed by atoms with Crippen molar-refractivity contribution in [3.8, 4) is 11.5 Å². The molecule has 192 valence electrons. The number of nitrogens with zero attached hydrogens (tertiary/aromatic N) is 3. The number of methoxy groups -OCH3 is 2. The van der Waals surface area contributed by atoms with Crippen LogP contribution in [0.25, 0.3) is 0 Å². The van der Waals surface area contributed by atoms with E-state index in [4.69, 9.17) is 9.47 Å². The van der Waals surface area contributed by atoms with Crippen LogP contribution in [0.5, 0.6) is 11.5 Å². The van der Waals surface area contributed by atoms with Gasteiger partial charge in [-0.15, -0.1) is 0 Å². The number of ether oxygens (including phenoxy) is 2. The van der Waals surface area contributed by atoms with Crippen LogP contribution in [0.4, 0.5) is 0 Å². The lowest BCUT2D eigenvalue weighted by molar-refractivity contribution is -0.138. The second-order valence-corrected chi connectivity index (χ2v) is 9.65.